The zero-order chi connectivity index (χ0) is 10.8. The van der Waals surface area contributed by atoms with Crippen LogP contribution in [-0.2, 0) is 4.79 Å². The molecule has 1 N–H and O–H groups in total. The molecule has 6 heteroatoms. The van der Waals surface area contributed by atoms with Crippen LogP contribution in [0.25, 0.3) is 0 Å². The molecule has 82 valence electrons. The molecule has 1 unspecified atom stereocenters. The number of carbonyl (C=O) groups excluding carboxylic acids is 1. The average molecular weight is 210 g/mol. The van der Waals surface area contributed by atoms with Gasteiger partial charge in [0.2, 0.25) is 5.91 Å². The van der Waals surface area contributed by atoms with Gasteiger partial charge < -0.3 is 10.2 Å². The molecule has 0 aromatic heterocycles. The van der Waals surface area contributed by atoms with Gasteiger partial charge in [-0.05, 0) is 13.0 Å². The number of carbonyl (C=O) groups is 1. The number of nitrogens with zero attached hydrogens (tertiary/aromatic N) is 1. The minimum Gasteiger partial charge on any atom is -0.332 e. The van der Waals surface area contributed by atoms with E-state index in [9.17, 15) is 18.0 Å². The number of likely N-dealkylation sites (N-methyl/N-ethyl adjacent to an activating group) is 1. The van der Waals surface area contributed by atoms with Gasteiger partial charge in [-0.2, -0.15) is 13.2 Å². The predicted molar refractivity (Wildman–Crippen MR) is 44.7 cm³/mol. The molecule has 0 aromatic carbocycles. The molecule has 1 aliphatic rings. The van der Waals surface area contributed by atoms with Crippen LogP contribution in [0.4, 0.5) is 13.2 Å². The predicted octanol–water partition coefficient (Wildman–Crippen LogP) is 0.759. The molecular formula is C8H13F3N2O. The highest BCUT2D eigenvalue weighted by atomic mass is 19.4. The molecule has 1 heterocycles. The lowest BCUT2D eigenvalue weighted by atomic mass is 10.2. The molecule has 0 saturated carbocycles. The highest BCUT2D eigenvalue weighted by molar-refractivity contribution is 5.84. The third-order valence-corrected chi connectivity index (χ3v) is 2.12. The first kappa shape index (κ1) is 11.3. The number of amides is 1. The van der Waals surface area contributed by atoms with Gasteiger partial charge in [0.15, 0.2) is 0 Å². The van der Waals surface area contributed by atoms with Crippen LogP contribution in [-0.4, -0.2) is 42.7 Å². The van der Waals surface area contributed by atoms with E-state index in [2.05, 4.69) is 5.32 Å². The molecule has 0 radical (unpaired) electrons. The smallest absolute Gasteiger partial charge is 0.332 e. The monoisotopic (exact) mass is 210 g/mol. The third-order valence-electron chi connectivity index (χ3n) is 2.12. The molecule has 14 heavy (non-hydrogen) atoms. The molecule has 1 rings (SSSR count). The lowest BCUT2D eigenvalue weighted by Gasteiger charge is -2.18. The fourth-order valence-corrected chi connectivity index (χ4v) is 1.55. The minimum atomic E-state index is -4.29. The second-order valence-corrected chi connectivity index (χ2v) is 3.27. The number of nitrogens with one attached hydrogen (secondary N) is 1. The van der Waals surface area contributed by atoms with Gasteiger partial charge in [-0.25, -0.2) is 0 Å². The molecule has 1 fully saturated rings. The van der Waals surface area contributed by atoms with E-state index in [1.165, 1.54) is 0 Å². The summed E-state index contributed by atoms with van der Waals surface area (Å²) < 4.78 is 35.9. The summed E-state index contributed by atoms with van der Waals surface area (Å²) in [6, 6.07) is -0.428. The molecule has 1 atom stereocenters. The maximum atomic E-state index is 12.0. The van der Waals surface area contributed by atoms with E-state index in [1.54, 1.807) is 0 Å². The molecule has 1 amide bonds. The van der Waals surface area contributed by atoms with Crippen LogP contribution in [0, 0.1) is 0 Å². The zero-order valence-electron chi connectivity index (χ0n) is 7.90. The van der Waals surface area contributed by atoms with Crippen molar-refractivity contribution in [3.05, 3.63) is 0 Å². The number of rotatable bonds is 3. The molecule has 1 aliphatic heterocycles. The molecular weight excluding hydrogens is 197 g/mol. The van der Waals surface area contributed by atoms with Gasteiger partial charge in [0, 0.05) is 6.54 Å². The number of likely N-dealkylation sites (tertiary alicyclic amines) is 1. The van der Waals surface area contributed by atoms with Gasteiger partial charge in [0.25, 0.3) is 0 Å². The molecule has 0 bridgehead atoms. The van der Waals surface area contributed by atoms with Crippen molar-refractivity contribution in [3.63, 3.8) is 0 Å². The second-order valence-electron chi connectivity index (χ2n) is 3.27. The van der Waals surface area contributed by atoms with Crippen LogP contribution in [0.3, 0.4) is 0 Å². The standard InChI is InChI=1S/C8H13F3N2O/c1-2-12-6-3-4-13(7(6)14)5-8(9,10)11/h6,12H,2-5H2,1H3. The summed E-state index contributed by atoms with van der Waals surface area (Å²) in [6.45, 7) is 1.47. The largest absolute Gasteiger partial charge is 0.406 e. The van der Waals surface area contributed by atoms with Crippen molar-refractivity contribution < 1.29 is 18.0 Å². The van der Waals surface area contributed by atoms with E-state index >= 15 is 0 Å². The molecule has 1 saturated heterocycles. The Balaban J connectivity index is 2.47. The molecule has 3 nitrogen and oxygen atoms in total. The van der Waals surface area contributed by atoms with E-state index in [0.29, 0.717) is 13.0 Å². The van der Waals surface area contributed by atoms with Crippen molar-refractivity contribution >= 4 is 5.91 Å². The van der Waals surface area contributed by atoms with Crippen LogP contribution in [0.2, 0.25) is 0 Å². The van der Waals surface area contributed by atoms with Crippen molar-refractivity contribution in [2.45, 2.75) is 25.6 Å². The summed E-state index contributed by atoms with van der Waals surface area (Å²) in [5.74, 6) is -0.441. The highest BCUT2D eigenvalue weighted by Crippen LogP contribution is 2.20. The molecule has 0 aliphatic carbocycles. The van der Waals surface area contributed by atoms with E-state index in [-0.39, 0.29) is 6.54 Å². The summed E-state index contributed by atoms with van der Waals surface area (Å²) >= 11 is 0. The maximum Gasteiger partial charge on any atom is 0.406 e. The second kappa shape index (κ2) is 4.16. The van der Waals surface area contributed by atoms with Crippen LogP contribution >= 0.6 is 0 Å². The van der Waals surface area contributed by atoms with Gasteiger partial charge >= 0.3 is 6.18 Å². The summed E-state index contributed by atoms with van der Waals surface area (Å²) in [5.41, 5.74) is 0. The number of halogens is 3. The Morgan fingerprint density at radius 2 is 2.21 bits per heavy atom. The van der Waals surface area contributed by atoms with Gasteiger partial charge in [0.05, 0.1) is 6.04 Å². The summed E-state index contributed by atoms with van der Waals surface area (Å²) in [4.78, 5) is 12.2. The Hall–Kier alpha value is -0.780. The first-order chi connectivity index (χ1) is 6.44. The summed E-state index contributed by atoms with van der Waals surface area (Å²) in [5, 5.41) is 2.85. The number of hydrogen-bond donors (Lipinski definition) is 1. The van der Waals surface area contributed by atoms with Gasteiger partial charge in [-0.1, -0.05) is 6.92 Å². The van der Waals surface area contributed by atoms with E-state index in [4.69, 9.17) is 0 Å². The van der Waals surface area contributed by atoms with Crippen molar-refractivity contribution in [2.24, 2.45) is 0 Å². The number of hydrogen-bond acceptors (Lipinski definition) is 2. The summed E-state index contributed by atoms with van der Waals surface area (Å²) in [6.07, 6.45) is -3.83. The Labute approximate surface area is 80.3 Å². The minimum absolute atomic E-state index is 0.190. The molecule has 0 spiro atoms. The Morgan fingerprint density at radius 3 is 2.71 bits per heavy atom. The normalized spacial score (nSPS) is 23.3. The average Bonchev–Trinajstić information content (AvgIpc) is 2.34. The van der Waals surface area contributed by atoms with Gasteiger partial charge in [-0.3, -0.25) is 4.79 Å². The lowest BCUT2D eigenvalue weighted by Crippen LogP contribution is -2.41. The highest BCUT2D eigenvalue weighted by Gasteiger charge is 2.38. The quantitative estimate of drug-likeness (QED) is 0.745. The fourth-order valence-electron chi connectivity index (χ4n) is 1.55. The first-order valence-corrected chi connectivity index (χ1v) is 4.53. The molecule has 0 aromatic rings. The van der Waals surface area contributed by atoms with E-state index < -0.39 is 24.7 Å². The van der Waals surface area contributed by atoms with Crippen molar-refractivity contribution in [3.8, 4) is 0 Å². The van der Waals surface area contributed by atoms with Crippen molar-refractivity contribution in [1.29, 1.82) is 0 Å². The van der Waals surface area contributed by atoms with Crippen LogP contribution in [0.5, 0.6) is 0 Å². The van der Waals surface area contributed by atoms with Crippen molar-refractivity contribution in [2.75, 3.05) is 19.6 Å². The number of alkyl halides is 3. The van der Waals surface area contributed by atoms with Crippen LogP contribution in [0.15, 0.2) is 0 Å². The van der Waals surface area contributed by atoms with Crippen LogP contribution in [0.1, 0.15) is 13.3 Å². The maximum absolute atomic E-state index is 12.0. The van der Waals surface area contributed by atoms with Crippen LogP contribution < -0.4 is 5.32 Å². The Morgan fingerprint density at radius 1 is 1.57 bits per heavy atom. The first-order valence-electron chi connectivity index (χ1n) is 4.53. The zero-order valence-corrected chi connectivity index (χ0v) is 7.90. The third kappa shape index (κ3) is 2.87. The van der Waals surface area contributed by atoms with E-state index in [1.807, 2.05) is 6.92 Å². The van der Waals surface area contributed by atoms with E-state index in [0.717, 1.165) is 4.90 Å². The Kier molecular flexibility index (Phi) is 3.36. The van der Waals surface area contributed by atoms with Gasteiger partial charge in [-0.15, -0.1) is 0 Å². The topological polar surface area (TPSA) is 32.3 Å². The lowest BCUT2D eigenvalue weighted by molar-refractivity contribution is -0.157. The van der Waals surface area contributed by atoms with Crippen molar-refractivity contribution in [1.82, 2.24) is 10.2 Å². The summed E-state index contributed by atoms with van der Waals surface area (Å²) in [7, 11) is 0. The fraction of sp³-hybridized carbons (Fsp3) is 0.875. The SMILES string of the molecule is CCNC1CCN(CC(F)(F)F)C1=O. The van der Waals surface area contributed by atoms with Gasteiger partial charge in [0.1, 0.15) is 6.54 Å². The Bertz CT molecular complexity index is 217.